The summed E-state index contributed by atoms with van der Waals surface area (Å²) >= 11 is 0. The van der Waals surface area contributed by atoms with Gasteiger partial charge in [-0.25, -0.2) is 0 Å². The summed E-state index contributed by atoms with van der Waals surface area (Å²) in [5.74, 6) is 0.0947. The molecule has 18 heavy (non-hydrogen) atoms. The molecular weight excluding hydrogens is 224 g/mol. The molecule has 0 fully saturated rings. The van der Waals surface area contributed by atoms with Crippen LogP contribution in [0.5, 0.6) is 0 Å². The fourth-order valence-corrected chi connectivity index (χ4v) is 2.20. The number of nitrogens with one attached hydrogen (secondary N) is 1. The van der Waals surface area contributed by atoms with E-state index in [0.29, 0.717) is 13.0 Å². The topological polar surface area (TPSA) is 55.1 Å². The highest BCUT2D eigenvalue weighted by molar-refractivity contribution is 5.76. The van der Waals surface area contributed by atoms with Gasteiger partial charge in [0.2, 0.25) is 5.91 Å². The zero-order valence-corrected chi connectivity index (χ0v) is 11.6. The summed E-state index contributed by atoms with van der Waals surface area (Å²) in [6.07, 6.45) is 2.15. The van der Waals surface area contributed by atoms with E-state index < -0.39 is 0 Å². The highest BCUT2D eigenvalue weighted by Crippen LogP contribution is 2.11. The first-order chi connectivity index (χ1) is 8.51. The Morgan fingerprint density at radius 2 is 1.89 bits per heavy atom. The number of nitrogens with two attached hydrogens (primary N) is 1. The third-order valence-corrected chi connectivity index (χ3v) is 2.84. The summed E-state index contributed by atoms with van der Waals surface area (Å²) in [6, 6.07) is 6.68. The number of hydrogen-bond acceptors (Lipinski definition) is 2. The van der Waals surface area contributed by atoms with Crippen molar-refractivity contribution in [3.8, 4) is 0 Å². The second-order valence-corrected chi connectivity index (χ2v) is 5.06. The lowest BCUT2D eigenvalue weighted by molar-refractivity contribution is -0.121. The molecular formula is C15H24N2O. The molecule has 0 saturated heterocycles. The Morgan fingerprint density at radius 3 is 2.44 bits per heavy atom. The van der Waals surface area contributed by atoms with Crippen LogP contribution in [0.3, 0.4) is 0 Å². The third-order valence-electron chi connectivity index (χ3n) is 2.84. The highest BCUT2D eigenvalue weighted by atomic mass is 16.1. The average Bonchev–Trinajstić information content (AvgIpc) is 2.24. The van der Waals surface area contributed by atoms with Crippen molar-refractivity contribution in [3.05, 3.63) is 34.9 Å². The first-order valence-corrected chi connectivity index (χ1v) is 6.58. The summed E-state index contributed by atoms with van der Waals surface area (Å²) in [6.45, 7) is 6.80. The molecule has 0 aliphatic carbocycles. The lowest BCUT2D eigenvalue weighted by Crippen LogP contribution is -2.34. The number of carbonyl (C=O) groups is 1. The van der Waals surface area contributed by atoms with Crippen molar-refractivity contribution >= 4 is 5.91 Å². The molecule has 1 atom stereocenters. The van der Waals surface area contributed by atoms with Gasteiger partial charge in [-0.2, -0.15) is 0 Å². The van der Waals surface area contributed by atoms with Crippen LogP contribution in [0.2, 0.25) is 0 Å². The van der Waals surface area contributed by atoms with Crippen LogP contribution in [0.25, 0.3) is 0 Å². The minimum atomic E-state index is 0.0947. The van der Waals surface area contributed by atoms with Gasteiger partial charge in [0, 0.05) is 12.5 Å². The van der Waals surface area contributed by atoms with E-state index in [1.54, 1.807) is 0 Å². The fraction of sp³-hybridized carbons (Fsp3) is 0.533. The van der Waals surface area contributed by atoms with Crippen molar-refractivity contribution in [2.45, 2.75) is 46.1 Å². The molecule has 1 aromatic rings. The maximum atomic E-state index is 11.6. The molecule has 100 valence electrons. The summed E-state index contributed by atoms with van der Waals surface area (Å²) < 4.78 is 0. The molecule has 1 unspecified atom stereocenters. The van der Waals surface area contributed by atoms with Gasteiger partial charge in [-0.3, -0.25) is 4.79 Å². The summed E-state index contributed by atoms with van der Waals surface area (Å²) in [5, 5.41) is 3.01. The van der Waals surface area contributed by atoms with Gasteiger partial charge < -0.3 is 11.1 Å². The minimum Gasteiger partial charge on any atom is -0.353 e. The zero-order valence-electron chi connectivity index (χ0n) is 11.6. The Hall–Kier alpha value is -1.35. The molecule has 1 amide bonds. The molecule has 3 N–H and O–H groups in total. The van der Waals surface area contributed by atoms with E-state index in [2.05, 4.69) is 37.4 Å². The van der Waals surface area contributed by atoms with Crippen molar-refractivity contribution in [1.82, 2.24) is 5.32 Å². The lowest BCUT2D eigenvalue weighted by Gasteiger charge is -2.14. The monoisotopic (exact) mass is 248 g/mol. The molecule has 0 radical (unpaired) electrons. The quantitative estimate of drug-likeness (QED) is 0.810. The standard InChI is InChI=1S/C15H24N2O/c1-11-7-12(2)9-14(8-11)10-13(3)17-15(18)5-4-6-16/h7-9,13H,4-6,10,16H2,1-3H3,(H,17,18). The van der Waals surface area contributed by atoms with Crippen LogP contribution in [0.1, 0.15) is 36.5 Å². The second-order valence-electron chi connectivity index (χ2n) is 5.06. The van der Waals surface area contributed by atoms with E-state index in [1.165, 1.54) is 16.7 Å². The molecule has 0 saturated carbocycles. The molecule has 3 nitrogen and oxygen atoms in total. The maximum Gasteiger partial charge on any atom is 0.220 e. The average molecular weight is 248 g/mol. The second kappa shape index (κ2) is 7.17. The van der Waals surface area contributed by atoms with Crippen LogP contribution in [-0.4, -0.2) is 18.5 Å². The summed E-state index contributed by atoms with van der Waals surface area (Å²) in [7, 11) is 0. The number of aryl methyl sites for hydroxylation is 2. The van der Waals surface area contributed by atoms with Crippen LogP contribution < -0.4 is 11.1 Å². The van der Waals surface area contributed by atoms with Crippen LogP contribution in [0, 0.1) is 13.8 Å². The molecule has 1 aromatic carbocycles. The number of carbonyl (C=O) groups excluding carboxylic acids is 1. The van der Waals surface area contributed by atoms with Crippen molar-refractivity contribution in [1.29, 1.82) is 0 Å². The van der Waals surface area contributed by atoms with Crippen LogP contribution in [0.15, 0.2) is 18.2 Å². The van der Waals surface area contributed by atoms with Gasteiger partial charge >= 0.3 is 0 Å². The van der Waals surface area contributed by atoms with Crippen molar-refractivity contribution in [3.63, 3.8) is 0 Å². The molecule has 0 aliphatic heterocycles. The molecule has 0 aliphatic rings. The van der Waals surface area contributed by atoms with Gasteiger partial charge in [-0.1, -0.05) is 29.3 Å². The van der Waals surface area contributed by atoms with Gasteiger partial charge in [0.05, 0.1) is 0 Å². The van der Waals surface area contributed by atoms with Gasteiger partial charge in [-0.05, 0) is 45.7 Å². The van der Waals surface area contributed by atoms with Gasteiger partial charge in [0.15, 0.2) is 0 Å². The van der Waals surface area contributed by atoms with Gasteiger partial charge in [0.25, 0.3) is 0 Å². The van der Waals surface area contributed by atoms with Crippen LogP contribution in [-0.2, 0) is 11.2 Å². The zero-order chi connectivity index (χ0) is 13.5. The van der Waals surface area contributed by atoms with E-state index in [0.717, 1.165) is 12.8 Å². The molecule has 0 spiro atoms. The molecule has 0 bridgehead atoms. The van der Waals surface area contributed by atoms with E-state index in [1.807, 2.05) is 6.92 Å². The van der Waals surface area contributed by atoms with Crippen LogP contribution >= 0.6 is 0 Å². The van der Waals surface area contributed by atoms with Gasteiger partial charge in [0.1, 0.15) is 0 Å². The van der Waals surface area contributed by atoms with Crippen molar-refractivity contribution < 1.29 is 4.79 Å². The molecule has 0 aromatic heterocycles. The van der Waals surface area contributed by atoms with E-state index in [4.69, 9.17) is 5.73 Å². The lowest BCUT2D eigenvalue weighted by atomic mass is 10.0. The van der Waals surface area contributed by atoms with Crippen molar-refractivity contribution in [2.75, 3.05) is 6.54 Å². The Labute approximate surface area is 110 Å². The number of rotatable bonds is 6. The Bertz CT molecular complexity index is 381. The summed E-state index contributed by atoms with van der Waals surface area (Å²) in [4.78, 5) is 11.6. The predicted molar refractivity (Wildman–Crippen MR) is 75.5 cm³/mol. The Morgan fingerprint density at radius 1 is 1.28 bits per heavy atom. The normalized spacial score (nSPS) is 12.2. The van der Waals surface area contributed by atoms with E-state index >= 15 is 0 Å². The molecule has 3 heteroatoms. The molecule has 1 rings (SSSR count). The first kappa shape index (κ1) is 14.7. The Kier molecular flexibility index (Phi) is 5.86. The number of amides is 1. The SMILES string of the molecule is Cc1cc(C)cc(CC(C)NC(=O)CCCN)c1. The maximum absolute atomic E-state index is 11.6. The fourth-order valence-electron chi connectivity index (χ4n) is 2.20. The van der Waals surface area contributed by atoms with E-state index in [-0.39, 0.29) is 11.9 Å². The smallest absolute Gasteiger partial charge is 0.220 e. The summed E-state index contributed by atoms with van der Waals surface area (Å²) in [5.41, 5.74) is 9.20. The van der Waals surface area contributed by atoms with Crippen LogP contribution in [0.4, 0.5) is 0 Å². The Balaban J connectivity index is 2.48. The molecule has 0 heterocycles. The number of benzene rings is 1. The highest BCUT2D eigenvalue weighted by Gasteiger charge is 2.08. The largest absolute Gasteiger partial charge is 0.353 e. The third kappa shape index (κ3) is 5.32. The van der Waals surface area contributed by atoms with Crippen molar-refractivity contribution in [2.24, 2.45) is 5.73 Å². The van der Waals surface area contributed by atoms with E-state index in [9.17, 15) is 4.79 Å². The number of hydrogen-bond donors (Lipinski definition) is 2. The first-order valence-electron chi connectivity index (χ1n) is 6.58. The minimum absolute atomic E-state index is 0.0947. The predicted octanol–water partition coefficient (Wildman–Crippen LogP) is 2.09. The van der Waals surface area contributed by atoms with Gasteiger partial charge in [-0.15, -0.1) is 0 Å².